The Morgan fingerprint density at radius 1 is 0.917 bits per heavy atom. The molecule has 0 aromatic heterocycles. The summed E-state index contributed by atoms with van der Waals surface area (Å²) in [5, 5.41) is 0. The molecule has 12 heavy (non-hydrogen) atoms. The van der Waals surface area contributed by atoms with Crippen LogP contribution in [0.1, 0.15) is 51.9 Å². The average Bonchev–Trinajstić information content (AvgIpc) is 2.10. The van der Waals surface area contributed by atoms with Crippen LogP contribution < -0.4 is 0 Å². The van der Waals surface area contributed by atoms with E-state index >= 15 is 0 Å². The minimum atomic E-state index is 1.12. The molecule has 0 bridgehead atoms. The summed E-state index contributed by atoms with van der Waals surface area (Å²) in [4.78, 5) is 0. The zero-order valence-corrected chi connectivity index (χ0v) is 8.39. The van der Waals surface area contributed by atoms with Gasteiger partial charge in [-0.3, -0.25) is 0 Å². The van der Waals surface area contributed by atoms with Gasteiger partial charge in [0.25, 0.3) is 0 Å². The molecule has 0 spiro atoms. The summed E-state index contributed by atoms with van der Waals surface area (Å²) in [6, 6.07) is 0. The van der Waals surface area contributed by atoms with E-state index in [-0.39, 0.29) is 0 Å². The van der Waals surface area contributed by atoms with Gasteiger partial charge in [-0.25, -0.2) is 0 Å². The average molecular weight is 166 g/mol. The molecular weight excluding hydrogens is 144 g/mol. The molecule has 0 heterocycles. The molecule has 0 aliphatic carbocycles. The van der Waals surface area contributed by atoms with Gasteiger partial charge in [0.15, 0.2) is 0 Å². The van der Waals surface area contributed by atoms with E-state index in [2.05, 4.69) is 25.7 Å². The van der Waals surface area contributed by atoms with Gasteiger partial charge in [0.1, 0.15) is 0 Å². The number of rotatable bonds is 8. The minimum Gasteiger partial charge on any atom is -0.103 e. The zero-order valence-electron chi connectivity index (χ0n) is 8.39. The summed E-state index contributed by atoms with van der Waals surface area (Å²) in [6.07, 6.45) is 15.6. The number of hydrogen-bond acceptors (Lipinski definition) is 0. The molecule has 0 nitrogen and oxygen atoms in total. The van der Waals surface area contributed by atoms with Gasteiger partial charge in [0, 0.05) is 0 Å². The van der Waals surface area contributed by atoms with Gasteiger partial charge in [-0.2, -0.15) is 0 Å². The molecule has 0 aliphatic heterocycles. The highest BCUT2D eigenvalue weighted by molar-refractivity contribution is 4.84. The van der Waals surface area contributed by atoms with Crippen molar-refractivity contribution in [2.24, 2.45) is 0 Å². The quantitative estimate of drug-likeness (QED) is 0.368. The van der Waals surface area contributed by atoms with Crippen LogP contribution in [0.15, 0.2) is 24.8 Å². The lowest BCUT2D eigenvalue weighted by Gasteiger charge is -1.93. The Morgan fingerprint density at radius 2 is 1.67 bits per heavy atom. The summed E-state index contributed by atoms with van der Waals surface area (Å²) < 4.78 is 0. The van der Waals surface area contributed by atoms with Crippen molar-refractivity contribution < 1.29 is 0 Å². The second-order valence-electron chi connectivity index (χ2n) is 3.19. The summed E-state index contributed by atoms with van der Waals surface area (Å²) in [5.41, 5.74) is 0. The maximum absolute atomic E-state index is 3.69. The SMILES string of the molecule is C=CCC/C=C\CCCCCC. The predicted octanol–water partition coefficient (Wildman–Crippen LogP) is 4.48. The third-order valence-electron chi connectivity index (χ3n) is 1.93. The Bertz CT molecular complexity index is 111. The van der Waals surface area contributed by atoms with Crippen LogP contribution in [-0.4, -0.2) is 0 Å². The van der Waals surface area contributed by atoms with Gasteiger partial charge in [-0.05, 0) is 25.7 Å². The fraction of sp³-hybridized carbons (Fsp3) is 0.667. The standard InChI is InChI=1S/C12H22/c1-3-5-7-9-11-12-10-8-6-4-2/h3,9,11H,1,4-8,10,12H2,2H3/b11-9-. The Labute approximate surface area is 77.4 Å². The lowest BCUT2D eigenvalue weighted by Crippen LogP contribution is -1.73. The van der Waals surface area contributed by atoms with Crippen LogP contribution in [-0.2, 0) is 0 Å². The van der Waals surface area contributed by atoms with Gasteiger partial charge in [0.2, 0.25) is 0 Å². The molecule has 0 amide bonds. The van der Waals surface area contributed by atoms with E-state index in [0.29, 0.717) is 0 Å². The molecule has 0 N–H and O–H groups in total. The molecule has 0 saturated carbocycles. The molecule has 0 fully saturated rings. The van der Waals surface area contributed by atoms with Crippen molar-refractivity contribution in [3.63, 3.8) is 0 Å². The van der Waals surface area contributed by atoms with E-state index in [9.17, 15) is 0 Å². The van der Waals surface area contributed by atoms with Gasteiger partial charge >= 0.3 is 0 Å². The van der Waals surface area contributed by atoms with Crippen molar-refractivity contribution in [2.45, 2.75) is 51.9 Å². The van der Waals surface area contributed by atoms with Crippen molar-refractivity contribution in [1.29, 1.82) is 0 Å². The highest BCUT2D eigenvalue weighted by Crippen LogP contribution is 2.03. The molecule has 0 aromatic carbocycles. The van der Waals surface area contributed by atoms with Gasteiger partial charge < -0.3 is 0 Å². The van der Waals surface area contributed by atoms with Gasteiger partial charge in [0.05, 0.1) is 0 Å². The summed E-state index contributed by atoms with van der Waals surface area (Å²) >= 11 is 0. The molecule has 0 aromatic rings. The molecule has 0 saturated heterocycles. The van der Waals surface area contributed by atoms with Crippen LogP contribution in [0.4, 0.5) is 0 Å². The molecule has 0 rings (SSSR count). The highest BCUT2D eigenvalue weighted by atomic mass is 13.9. The molecule has 0 heteroatoms. The molecule has 0 radical (unpaired) electrons. The third-order valence-corrected chi connectivity index (χ3v) is 1.93. The van der Waals surface area contributed by atoms with Crippen LogP contribution in [0.3, 0.4) is 0 Å². The van der Waals surface area contributed by atoms with E-state index < -0.39 is 0 Å². The van der Waals surface area contributed by atoms with Crippen LogP contribution in [0.25, 0.3) is 0 Å². The van der Waals surface area contributed by atoms with Crippen molar-refractivity contribution >= 4 is 0 Å². The summed E-state index contributed by atoms with van der Waals surface area (Å²) in [5.74, 6) is 0. The smallest absolute Gasteiger partial charge is 0.0316 e. The Hall–Kier alpha value is -0.520. The molecule has 0 aliphatic rings. The van der Waals surface area contributed by atoms with Crippen molar-refractivity contribution in [3.05, 3.63) is 24.8 Å². The fourth-order valence-electron chi connectivity index (χ4n) is 1.14. The first kappa shape index (κ1) is 11.5. The van der Waals surface area contributed by atoms with Gasteiger partial charge in [-0.15, -0.1) is 6.58 Å². The largest absolute Gasteiger partial charge is 0.103 e. The maximum Gasteiger partial charge on any atom is -0.0316 e. The molecule has 0 atom stereocenters. The van der Waals surface area contributed by atoms with Crippen LogP contribution in [0.5, 0.6) is 0 Å². The van der Waals surface area contributed by atoms with E-state index in [4.69, 9.17) is 0 Å². The highest BCUT2D eigenvalue weighted by Gasteiger charge is 1.83. The number of unbranched alkanes of at least 4 members (excludes halogenated alkanes) is 5. The van der Waals surface area contributed by atoms with E-state index in [0.717, 1.165) is 12.8 Å². The van der Waals surface area contributed by atoms with Crippen molar-refractivity contribution in [2.75, 3.05) is 0 Å². The Kier molecular flexibility index (Phi) is 10.0. The summed E-state index contributed by atoms with van der Waals surface area (Å²) in [7, 11) is 0. The lowest BCUT2D eigenvalue weighted by atomic mass is 10.1. The van der Waals surface area contributed by atoms with Gasteiger partial charge in [-0.1, -0.05) is 44.4 Å². The van der Waals surface area contributed by atoms with Crippen molar-refractivity contribution in [3.8, 4) is 0 Å². The topological polar surface area (TPSA) is 0 Å². The minimum absolute atomic E-state index is 1.12. The van der Waals surface area contributed by atoms with E-state index in [1.165, 1.54) is 32.1 Å². The summed E-state index contributed by atoms with van der Waals surface area (Å²) in [6.45, 7) is 5.94. The lowest BCUT2D eigenvalue weighted by molar-refractivity contribution is 0.674. The maximum atomic E-state index is 3.69. The number of hydrogen-bond donors (Lipinski definition) is 0. The second kappa shape index (κ2) is 10.5. The second-order valence-corrected chi connectivity index (χ2v) is 3.19. The van der Waals surface area contributed by atoms with E-state index in [1.54, 1.807) is 0 Å². The zero-order chi connectivity index (χ0) is 9.07. The molecular formula is C12H22. The van der Waals surface area contributed by atoms with Crippen LogP contribution >= 0.6 is 0 Å². The first-order chi connectivity index (χ1) is 5.91. The molecule has 0 unspecified atom stereocenters. The first-order valence-electron chi connectivity index (χ1n) is 5.17. The Balaban J connectivity index is 2.97. The monoisotopic (exact) mass is 166 g/mol. The normalized spacial score (nSPS) is 10.8. The first-order valence-corrected chi connectivity index (χ1v) is 5.17. The van der Waals surface area contributed by atoms with Crippen LogP contribution in [0.2, 0.25) is 0 Å². The predicted molar refractivity (Wildman–Crippen MR) is 57.3 cm³/mol. The Morgan fingerprint density at radius 3 is 2.33 bits per heavy atom. The fourth-order valence-corrected chi connectivity index (χ4v) is 1.14. The molecule has 70 valence electrons. The third kappa shape index (κ3) is 9.48. The van der Waals surface area contributed by atoms with Crippen molar-refractivity contribution in [1.82, 2.24) is 0 Å². The van der Waals surface area contributed by atoms with Crippen LogP contribution in [0, 0.1) is 0 Å². The number of allylic oxidation sites excluding steroid dienone is 3. The van der Waals surface area contributed by atoms with E-state index in [1.807, 2.05) is 6.08 Å².